The van der Waals surface area contributed by atoms with E-state index in [1.165, 1.54) is 52.5 Å². The zero-order chi connectivity index (χ0) is 40.1. The van der Waals surface area contributed by atoms with Crippen LogP contribution in [-0.4, -0.2) is 65.0 Å². The molecule has 3 aliphatic rings. The number of methoxy groups -OCH3 is 1. The van der Waals surface area contributed by atoms with Crippen LogP contribution >= 0.6 is 45.9 Å². The van der Waals surface area contributed by atoms with E-state index < -0.39 is 17.6 Å². The van der Waals surface area contributed by atoms with E-state index in [1.54, 1.807) is 7.11 Å². The smallest absolute Gasteiger partial charge is 0.231 e. The van der Waals surface area contributed by atoms with E-state index in [1.807, 2.05) is 18.3 Å². The van der Waals surface area contributed by atoms with E-state index in [-0.39, 0.29) is 33.7 Å². The maximum atomic E-state index is 14.2. The first-order chi connectivity index (χ1) is 28.1. The maximum absolute atomic E-state index is 14.2. The first kappa shape index (κ1) is 38.9. The molecule has 9 rings (SSSR count). The van der Waals surface area contributed by atoms with E-state index in [2.05, 4.69) is 41.5 Å². The fraction of sp³-hybridized carbons (Fsp3) is 0.366. The number of nitrogens with zero attached hydrogens (tertiary/aromatic N) is 6. The monoisotopic (exact) mass is 862 g/mol. The number of piperidine rings is 2. The van der Waals surface area contributed by atoms with Crippen LogP contribution in [-0.2, 0) is 33.8 Å². The summed E-state index contributed by atoms with van der Waals surface area (Å²) in [6.07, 6.45) is 6.77. The van der Waals surface area contributed by atoms with Gasteiger partial charge < -0.3 is 25.2 Å². The lowest BCUT2D eigenvalue weighted by Gasteiger charge is -2.39. The summed E-state index contributed by atoms with van der Waals surface area (Å²) in [6, 6.07) is 11.3. The quantitative estimate of drug-likeness (QED) is 0.147. The zero-order valence-corrected chi connectivity index (χ0v) is 34.5. The number of benzene rings is 2. The average Bonchev–Trinajstić information content (AvgIpc) is 3.96. The molecule has 2 saturated heterocycles. The van der Waals surface area contributed by atoms with Crippen LogP contribution in [0.3, 0.4) is 0 Å². The number of nitrogens with one attached hydrogen (secondary N) is 2. The zero-order valence-electron chi connectivity index (χ0n) is 31.4. The predicted molar refractivity (Wildman–Crippen MR) is 226 cm³/mol. The Balaban J connectivity index is 0.990. The minimum atomic E-state index is -0.463. The molecule has 11 nitrogen and oxygen atoms in total. The van der Waals surface area contributed by atoms with Crippen molar-refractivity contribution in [2.24, 2.45) is 11.8 Å². The summed E-state index contributed by atoms with van der Waals surface area (Å²) in [5, 5.41) is 7.10. The van der Waals surface area contributed by atoms with Gasteiger partial charge in [-0.25, -0.2) is 18.7 Å². The van der Waals surface area contributed by atoms with E-state index in [0.29, 0.717) is 69.8 Å². The Labute approximate surface area is 350 Å². The Morgan fingerprint density at radius 1 is 0.845 bits per heavy atom. The van der Waals surface area contributed by atoms with E-state index in [9.17, 15) is 18.4 Å². The predicted octanol–water partition coefficient (Wildman–Crippen LogP) is 9.02. The fourth-order valence-corrected chi connectivity index (χ4v) is 11.0. The Hall–Kier alpha value is -4.54. The minimum Gasteiger partial charge on any atom is -0.378 e. The lowest BCUT2D eigenvalue weighted by molar-refractivity contribution is -0.121. The summed E-state index contributed by atoms with van der Waals surface area (Å²) in [5.74, 6) is -2.16. The number of aryl methyl sites for hydroxylation is 1. The van der Waals surface area contributed by atoms with Crippen molar-refractivity contribution in [3.63, 3.8) is 0 Å². The van der Waals surface area contributed by atoms with Crippen molar-refractivity contribution in [3.8, 4) is 0 Å². The molecule has 2 N–H and O–H groups in total. The van der Waals surface area contributed by atoms with Crippen LogP contribution < -0.4 is 20.4 Å². The molecule has 4 aromatic heterocycles. The molecule has 3 unspecified atom stereocenters. The summed E-state index contributed by atoms with van der Waals surface area (Å²) in [4.78, 5) is 51.1. The van der Waals surface area contributed by atoms with Crippen LogP contribution in [0.15, 0.2) is 48.7 Å². The third-order valence-electron chi connectivity index (χ3n) is 11.2. The highest BCUT2D eigenvalue weighted by atomic mass is 35.5. The summed E-state index contributed by atoms with van der Waals surface area (Å²) in [7, 11) is 1.63. The van der Waals surface area contributed by atoms with Crippen molar-refractivity contribution in [2.45, 2.75) is 51.0 Å². The van der Waals surface area contributed by atoms with Gasteiger partial charge in [-0.15, -0.1) is 0 Å². The van der Waals surface area contributed by atoms with Crippen molar-refractivity contribution in [2.75, 3.05) is 53.7 Å². The maximum Gasteiger partial charge on any atom is 0.231 e. The SMILES string of the molecule is COCc1cc(N2CCCC(C(=O)Nc3nc4c(Cl)cc(F)cc4s3)C2)cc(C2CC(C(=O)Nc3nc4c(Cl)cc(F)cc4s3)CN(c3ccnc4c3CCC4)C2)n1. The van der Waals surface area contributed by atoms with Gasteiger partial charge in [-0.05, 0) is 86.6 Å². The molecule has 0 bridgehead atoms. The third kappa shape index (κ3) is 7.94. The Bertz CT molecular complexity index is 2570. The highest BCUT2D eigenvalue weighted by Gasteiger charge is 2.36. The normalized spacial score (nSPS) is 19.5. The number of carbonyl (C=O) groups excluding carboxylic acids is 2. The van der Waals surface area contributed by atoms with Gasteiger partial charge in [0.05, 0.1) is 43.6 Å². The van der Waals surface area contributed by atoms with Gasteiger partial charge in [0.25, 0.3) is 0 Å². The van der Waals surface area contributed by atoms with Gasteiger partial charge >= 0.3 is 0 Å². The van der Waals surface area contributed by atoms with Gasteiger partial charge in [-0.1, -0.05) is 45.9 Å². The van der Waals surface area contributed by atoms with Gasteiger partial charge in [0.2, 0.25) is 11.8 Å². The molecule has 17 heteroatoms. The van der Waals surface area contributed by atoms with Crippen molar-refractivity contribution < 1.29 is 23.1 Å². The van der Waals surface area contributed by atoms with Crippen molar-refractivity contribution in [1.29, 1.82) is 0 Å². The number of carbonyl (C=O) groups is 2. The average molecular weight is 864 g/mol. The second-order valence-corrected chi connectivity index (χ2v) is 18.0. The van der Waals surface area contributed by atoms with Crippen molar-refractivity contribution in [3.05, 3.63) is 93.0 Å². The van der Waals surface area contributed by atoms with Gasteiger partial charge in [0.15, 0.2) is 10.3 Å². The number of pyridine rings is 2. The van der Waals surface area contributed by atoms with E-state index >= 15 is 0 Å². The number of anilines is 4. The first-order valence-electron chi connectivity index (χ1n) is 19.2. The summed E-state index contributed by atoms with van der Waals surface area (Å²) in [5.41, 5.74) is 6.84. The van der Waals surface area contributed by atoms with Crippen LogP contribution in [0.4, 0.5) is 30.4 Å². The Morgan fingerprint density at radius 2 is 1.52 bits per heavy atom. The molecule has 2 amide bonds. The molecule has 0 spiro atoms. The number of thiazole rings is 2. The molecule has 1 aliphatic carbocycles. The minimum absolute atomic E-state index is 0.135. The highest BCUT2D eigenvalue weighted by molar-refractivity contribution is 7.22. The first-order valence-corrected chi connectivity index (χ1v) is 21.6. The second kappa shape index (κ2) is 16.3. The molecule has 300 valence electrons. The Morgan fingerprint density at radius 3 is 2.21 bits per heavy atom. The largest absolute Gasteiger partial charge is 0.378 e. The number of amides is 2. The molecule has 2 aromatic carbocycles. The number of hydrogen-bond acceptors (Lipinski definition) is 11. The van der Waals surface area contributed by atoms with Crippen molar-refractivity contribution >= 4 is 99.8 Å². The molecular weight excluding hydrogens is 826 g/mol. The van der Waals surface area contributed by atoms with Gasteiger partial charge in [-0.2, -0.15) is 0 Å². The fourth-order valence-electron chi connectivity index (χ4n) is 8.51. The van der Waals surface area contributed by atoms with Gasteiger partial charge in [-0.3, -0.25) is 19.6 Å². The molecular formula is C41H38Cl2F2N8O3S2. The number of fused-ring (bicyclic) bond motifs is 3. The third-order valence-corrected chi connectivity index (χ3v) is 13.6. The molecule has 0 radical (unpaired) electrons. The second-order valence-electron chi connectivity index (χ2n) is 15.1. The molecule has 2 fully saturated rings. The molecule has 0 saturated carbocycles. The van der Waals surface area contributed by atoms with E-state index in [0.717, 1.165) is 60.7 Å². The lowest BCUT2D eigenvalue weighted by Crippen LogP contribution is -2.45. The number of rotatable bonds is 9. The summed E-state index contributed by atoms with van der Waals surface area (Å²) < 4.78 is 34.8. The van der Waals surface area contributed by atoms with Crippen LogP contribution in [0.25, 0.3) is 20.4 Å². The number of aromatic nitrogens is 4. The van der Waals surface area contributed by atoms with Crippen LogP contribution in [0, 0.1) is 23.5 Å². The number of halogens is 4. The summed E-state index contributed by atoms with van der Waals surface area (Å²) >= 11 is 14.9. The van der Waals surface area contributed by atoms with Crippen LogP contribution in [0.5, 0.6) is 0 Å². The molecule has 6 aromatic rings. The standard InChI is InChI=1S/C41H38Cl2F2N8O3S2/c1-56-20-26-15-27(52-9-3-4-21(17-52)38(54)50-40-48-36-29(42)11-24(44)13-34(36)57-40)16-32(47-26)22-10-23(19-53(18-22)33-7-8-46-31-6-2-5-28(31)33)39(55)51-41-49-37-30(43)12-25(45)14-35(37)58-41/h7-8,11-16,21-23H,2-6,9-10,17-20H2,1H3,(H,48,50,54)(H,49,51,55). The van der Waals surface area contributed by atoms with Crippen LogP contribution in [0.2, 0.25) is 10.0 Å². The van der Waals surface area contributed by atoms with Crippen LogP contribution in [0.1, 0.15) is 54.2 Å². The molecule has 58 heavy (non-hydrogen) atoms. The van der Waals surface area contributed by atoms with Gasteiger partial charge in [0, 0.05) is 68.2 Å². The Kier molecular flexibility index (Phi) is 10.9. The summed E-state index contributed by atoms with van der Waals surface area (Å²) in [6.45, 7) is 2.64. The highest BCUT2D eigenvalue weighted by Crippen LogP contribution is 2.40. The lowest BCUT2D eigenvalue weighted by atomic mass is 9.85. The molecule has 2 aliphatic heterocycles. The van der Waals surface area contributed by atoms with Gasteiger partial charge in [0.1, 0.15) is 22.7 Å². The number of ether oxygens (including phenoxy) is 1. The van der Waals surface area contributed by atoms with Crippen molar-refractivity contribution in [1.82, 2.24) is 19.9 Å². The number of hydrogen-bond donors (Lipinski definition) is 2. The van der Waals surface area contributed by atoms with E-state index in [4.69, 9.17) is 32.9 Å². The molecule has 6 heterocycles. The molecule has 3 atom stereocenters. The topological polar surface area (TPSA) is 125 Å².